The van der Waals surface area contributed by atoms with Crippen molar-refractivity contribution in [3.05, 3.63) is 59.1 Å². The second-order valence-electron chi connectivity index (χ2n) is 4.43. The van der Waals surface area contributed by atoms with E-state index in [0.717, 1.165) is 10.5 Å². The molecule has 0 heterocycles. The van der Waals surface area contributed by atoms with Crippen molar-refractivity contribution in [1.29, 1.82) is 0 Å². The molecule has 2 rings (SSSR count). The van der Waals surface area contributed by atoms with Crippen molar-refractivity contribution in [2.75, 3.05) is 11.6 Å². The Morgan fingerprint density at radius 1 is 1.05 bits per heavy atom. The van der Waals surface area contributed by atoms with Gasteiger partial charge in [-0.2, -0.15) is 0 Å². The molecular formula is C16H15ClN2O2S. The molecule has 22 heavy (non-hydrogen) atoms. The van der Waals surface area contributed by atoms with Gasteiger partial charge >= 0.3 is 11.8 Å². The van der Waals surface area contributed by atoms with Crippen LogP contribution in [0.3, 0.4) is 0 Å². The molecule has 0 bridgehead atoms. The van der Waals surface area contributed by atoms with Crippen molar-refractivity contribution in [3.8, 4) is 0 Å². The average molecular weight is 335 g/mol. The minimum absolute atomic E-state index is 0.204. The Hall–Kier alpha value is -1.98. The van der Waals surface area contributed by atoms with Gasteiger partial charge in [-0.25, -0.2) is 0 Å². The Morgan fingerprint density at radius 2 is 1.73 bits per heavy atom. The zero-order valence-electron chi connectivity index (χ0n) is 11.9. The predicted molar refractivity (Wildman–Crippen MR) is 90.2 cm³/mol. The molecule has 0 aromatic heterocycles. The summed E-state index contributed by atoms with van der Waals surface area (Å²) in [7, 11) is 0. The van der Waals surface area contributed by atoms with E-state index in [2.05, 4.69) is 10.6 Å². The van der Waals surface area contributed by atoms with E-state index in [9.17, 15) is 9.59 Å². The first-order valence-corrected chi connectivity index (χ1v) is 8.17. The van der Waals surface area contributed by atoms with E-state index in [0.29, 0.717) is 10.7 Å². The lowest BCUT2D eigenvalue weighted by atomic mass is 10.2. The van der Waals surface area contributed by atoms with Crippen molar-refractivity contribution in [1.82, 2.24) is 5.32 Å². The molecule has 2 N–H and O–H groups in total. The zero-order valence-corrected chi connectivity index (χ0v) is 13.5. The summed E-state index contributed by atoms with van der Waals surface area (Å²) in [4.78, 5) is 24.7. The first-order valence-electron chi connectivity index (χ1n) is 6.57. The van der Waals surface area contributed by atoms with Crippen LogP contribution in [0.25, 0.3) is 0 Å². The van der Waals surface area contributed by atoms with Gasteiger partial charge in [0.2, 0.25) is 0 Å². The van der Waals surface area contributed by atoms with Crippen LogP contribution in [0.15, 0.2) is 53.4 Å². The Bertz CT molecular complexity index is 691. The molecule has 0 atom stereocenters. The number of halogens is 1. The third kappa shape index (κ3) is 4.26. The Morgan fingerprint density at radius 3 is 2.45 bits per heavy atom. The van der Waals surface area contributed by atoms with E-state index in [1.54, 1.807) is 30.3 Å². The first-order chi connectivity index (χ1) is 10.6. The lowest BCUT2D eigenvalue weighted by Crippen LogP contribution is -2.35. The van der Waals surface area contributed by atoms with Crippen LogP contribution in [0.4, 0.5) is 5.69 Å². The molecule has 0 saturated heterocycles. The van der Waals surface area contributed by atoms with Crippen LogP contribution >= 0.6 is 23.4 Å². The van der Waals surface area contributed by atoms with Gasteiger partial charge in [-0.1, -0.05) is 41.9 Å². The molecular weight excluding hydrogens is 320 g/mol. The normalized spacial score (nSPS) is 10.1. The average Bonchev–Trinajstić information content (AvgIpc) is 2.54. The van der Waals surface area contributed by atoms with E-state index in [1.807, 2.05) is 24.5 Å². The van der Waals surface area contributed by atoms with Crippen LogP contribution in [-0.4, -0.2) is 18.1 Å². The maximum Gasteiger partial charge on any atom is 0.313 e. The lowest BCUT2D eigenvalue weighted by Gasteiger charge is -2.10. The Kier molecular flexibility index (Phi) is 5.86. The molecule has 2 aromatic carbocycles. The number of hydrogen-bond donors (Lipinski definition) is 2. The molecule has 0 radical (unpaired) electrons. The van der Waals surface area contributed by atoms with Gasteiger partial charge in [-0.05, 0) is 30.0 Å². The number of carbonyl (C=O) groups is 2. The van der Waals surface area contributed by atoms with Gasteiger partial charge in [0.1, 0.15) is 0 Å². The number of benzene rings is 2. The standard InChI is InChI=1S/C16H15ClN2O2S/c1-22-14-9-5-4-8-13(14)19-16(21)15(20)18-10-11-6-2-3-7-12(11)17/h2-9H,10H2,1H3,(H,18,20)(H,19,21). The van der Waals surface area contributed by atoms with Gasteiger partial charge in [-0.15, -0.1) is 11.8 Å². The van der Waals surface area contributed by atoms with Crippen molar-refractivity contribution in [2.45, 2.75) is 11.4 Å². The molecule has 0 aliphatic carbocycles. The van der Waals surface area contributed by atoms with E-state index < -0.39 is 11.8 Å². The molecule has 0 fully saturated rings. The fraction of sp³-hybridized carbons (Fsp3) is 0.125. The zero-order chi connectivity index (χ0) is 15.9. The highest BCUT2D eigenvalue weighted by molar-refractivity contribution is 7.98. The highest BCUT2D eigenvalue weighted by atomic mass is 35.5. The second kappa shape index (κ2) is 7.87. The lowest BCUT2D eigenvalue weighted by molar-refractivity contribution is -0.136. The molecule has 0 aliphatic rings. The van der Waals surface area contributed by atoms with Gasteiger partial charge in [-0.3, -0.25) is 9.59 Å². The molecule has 0 spiro atoms. The largest absolute Gasteiger partial charge is 0.344 e. The summed E-state index contributed by atoms with van der Waals surface area (Å²) in [5.74, 6) is -1.40. The number of nitrogens with one attached hydrogen (secondary N) is 2. The topological polar surface area (TPSA) is 58.2 Å². The highest BCUT2D eigenvalue weighted by Crippen LogP contribution is 2.24. The van der Waals surface area contributed by atoms with Crippen LogP contribution in [0, 0.1) is 0 Å². The summed E-state index contributed by atoms with van der Waals surface area (Å²) in [6, 6.07) is 14.5. The molecule has 0 saturated carbocycles. The molecule has 2 aromatic rings. The van der Waals surface area contributed by atoms with Gasteiger partial charge < -0.3 is 10.6 Å². The minimum atomic E-state index is -0.700. The van der Waals surface area contributed by atoms with E-state index in [1.165, 1.54) is 11.8 Å². The number of anilines is 1. The van der Waals surface area contributed by atoms with Crippen LogP contribution in [-0.2, 0) is 16.1 Å². The molecule has 0 unspecified atom stereocenters. The minimum Gasteiger partial charge on any atom is -0.344 e. The maximum absolute atomic E-state index is 11.9. The Balaban J connectivity index is 1.95. The first kappa shape index (κ1) is 16.4. The molecule has 2 amide bonds. The number of amides is 2. The number of carbonyl (C=O) groups excluding carboxylic acids is 2. The van der Waals surface area contributed by atoms with E-state index in [-0.39, 0.29) is 6.54 Å². The van der Waals surface area contributed by atoms with Gasteiger partial charge in [0.25, 0.3) is 0 Å². The number of rotatable bonds is 4. The van der Waals surface area contributed by atoms with Gasteiger partial charge in [0.05, 0.1) is 5.69 Å². The van der Waals surface area contributed by atoms with Crippen molar-refractivity contribution in [3.63, 3.8) is 0 Å². The fourth-order valence-corrected chi connectivity index (χ4v) is 2.58. The van der Waals surface area contributed by atoms with Crippen molar-refractivity contribution in [2.24, 2.45) is 0 Å². The molecule has 6 heteroatoms. The van der Waals surface area contributed by atoms with Crippen LogP contribution in [0.1, 0.15) is 5.56 Å². The van der Waals surface area contributed by atoms with Crippen LogP contribution in [0.5, 0.6) is 0 Å². The van der Waals surface area contributed by atoms with E-state index >= 15 is 0 Å². The quantitative estimate of drug-likeness (QED) is 0.666. The summed E-state index contributed by atoms with van der Waals surface area (Å²) in [6.07, 6.45) is 1.91. The van der Waals surface area contributed by atoms with Crippen LogP contribution < -0.4 is 10.6 Å². The molecule has 0 aliphatic heterocycles. The third-order valence-electron chi connectivity index (χ3n) is 2.96. The van der Waals surface area contributed by atoms with Crippen molar-refractivity contribution >= 4 is 40.9 Å². The second-order valence-corrected chi connectivity index (χ2v) is 5.68. The van der Waals surface area contributed by atoms with E-state index in [4.69, 9.17) is 11.6 Å². The summed E-state index contributed by atoms with van der Waals surface area (Å²) in [6.45, 7) is 0.204. The summed E-state index contributed by atoms with van der Waals surface area (Å²) in [5, 5.41) is 5.71. The predicted octanol–water partition coefficient (Wildman–Crippen LogP) is 3.32. The fourth-order valence-electron chi connectivity index (χ4n) is 1.82. The summed E-state index contributed by atoms with van der Waals surface area (Å²) < 4.78 is 0. The SMILES string of the molecule is CSc1ccccc1NC(=O)C(=O)NCc1ccccc1Cl. The number of para-hydroxylation sites is 1. The summed E-state index contributed by atoms with van der Waals surface area (Å²) >= 11 is 7.50. The highest BCUT2D eigenvalue weighted by Gasteiger charge is 2.15. The summed E-state index contributed by atoms with van der Waals surface area (Å²) in [5.41, 5.74) is 1.38. The monoisotopic (exact) mass is 334 g/mol. The molecule has 4 nitrogen and oxygen atoms in total. The number of thioether (sulfide) groups is 1. The van der Waals surface area contributed by atoms with Gasteiger partial charge in [0.15, 0.2) is 0 Å². The Labute approximate surface area is 138 Å². The maximum atomic E-state index is 11.9. The van der Waals surface area contributed by atoms with Gasteiger partial charge in [0, 0.05) is 16.5 Å². The smallest absolute Gasteiger partial charge is 0.313 e. The van der Waals surface area contributed by atoms with Crippen molar-refractivity contribution < 1.29 is 9.59 Å². The van der Waals surface area contributed by atoms with Crippen LogP contribution in [0.2, 0.25) is 5.02 Å². The number of hydrogen-bond acceptors (Lipinski definition) is 3. The third-order valence-corrected chi connectivity index (χ3v) is 4.12. The molecule has 114 valence electrons.